The predicted molar refractivity (Wildman–Crippen MR) is 158 cm³/mol. The minimum Gasteiger partial charge on any atom is -0.452 e. The van der Waals surface area contributed by atoms with Crippen molar-refractivity contribution >= 4 is 35.5 Å². The number of nitrogens with zero attached hydrogens (tertiary/aromatic N) is 2. The number of carbonyl (C=O) groups is 3. The summed E-state index contributed by atoms with van der Waals surface area (Å²) in [7, 11) is 1.25. The van der Waals surface area contributed by atoms with Gasteiger partial charge in [0.2, 0.25) is 5.91 Å². The molecule has 2 aromatic rings. The number of benzene rings is 2. The van der Waals surface area contributed by atoms with Crippen molar-refractivity contribution in [3.8, 4) is 0 Å². The first kappa shape index (κ1) is 30.5. The van der Waals surface area contributed by atoms with Crippen molar-refractivity contribution < 1.29 is 19.1 Å². The summed E-state index contributed by atoms with van der Waals surface area (Å²) in [6.45, 7) is 4.40. The van der Waals surface area contributed by atoms with Gasteiger partial charge >= 0.3 is 6.09 Å². The largest absolute Gasteiger partial charge is 0.452 e. The maximum Gasteiger partial charge on any atom is 0.416 e. The number of guanidine groups is 1. The first-order chi connectivity index (χ1) is 19.6. The van der Waals surface area contributed by atoms with Crippen LogP contribution in [-0.2, 0) is 26.3 Å². The van der Waals surface area contributed by atoms with E-state index in [4.69, 9.17) is 27.5 Å². The molecule has 2 aliphatic rings. The van der Waals surface area contributed by atoms with E-state index in [-0.39, 0.29) is 36.7 Å². The Morgan fingerprint density at radius 1 is 1.17 bits per heavy atom. The molecule has 220 valence electrons. The summed E-state index contributed by atoms with van der Waals surface area (Å²) in [5.41, 5.74) is 6.87. The number of carbonyl (C=O) groups excluding carboxylic acids is 3. The Balaban J connectivity index is 1.48. The topological polar surface area (TPSA) is 129 Å². The molecule has 4 rings (SSSR count). The molecule has 2 fully saturated rings. The van der Waals surface area contributed by atoms with Crippen LogP contribution in [0.25, 0.3) is 0 Å². The van der Waals surface area contributed by atoms with Crippen molar-refractivity contribution in [2.75, 3.05) is 13.7 Å². The first-order valence-corrected chi connectivity index (χ1v) is 14.6. The Morgan fingerprint density at radius 3 is 2.44 bits per heavy atom. The van der Waals surface area contributed by atoms with Crippen LogP contribution in [0.1, 0.15) is 57.1 Å². The number of halogens is 1. The molecule has 1 aliphatic heterocycles. The van der Waals surface area contributed by atoms with E-state index in [0.29, 0.717) is 24.3 Å². The van der Waals surface area contributed by atoms with Crippen molar-refractivity contribution in [2.45, 2.75) is 70.0 Å². The third-order valence-electron chi connectivity index (χ3n) is 7.90. The van der Waals surface area contributed by atoms with Gasteiger partial charge in [-0.2, -0.15) is 0 Å². The van der Waals surface area contributed by atoms with Crippen LogP contribution in [0.2, 0.25) is 5.02 Å². The van der Waals surface area contributed by atoms with Crippen LogP contribution in [0.5, 0.6) is 0 Å². The molecule has 41 heavy (non-hydrogen) atoms. The molecule has 9 nitrogen and oxygen atoms in total. The number of nitrogens with one attached hydrogen (secondary N) is 2. The van der Waals surface area contributed by atoms with Gasteiger partial charge in [0.15, 0.2) is 5.96 Å². The molecule has 1 saturated heterocycles. The summed E-state index contributed by atoms with van der Waals surface area (Å²) in [5.74, 6) is -0.256. The fraction of sp³-hybridized carbons (Fsp3) is 0.484. The van der Waals surface area contributed by atoms with E-state index < -0.39 is 29.6 Å². The molecule has 1 aliphatic carbocycles. The third kappa shape index (κ3) is 6.73. The van der Waals surface area contributed by atoms with Gasteiger partial charge in [0, 0.05) is 17.6 Å². The Morgan fingerprint density at radius 2 is 1.83 bits per heavy atom. The minimum absolute atomic E-state index is 0.0603. The van der Waals surface area contributed by atoms with Gasteiger partial charge in [-0.15, -0.1) is 0 Å². The van der Waals surface area contributed by atoms with Gasteiger partial charge in [0.25, 0.3) is 5.91 Å². The highest BCUT2D eigenvalue weighted by Gasteiger charge is 2.51. The average molecular weight is 582 g/mol. The number of hydrogen-bond acceptors (Lipinski definition) is 6. The lowest BCUT2D eigenvalue weighted by atomic mass is 9.82. The molecular formula is C31H40ClN5O4. The second-order valence-electron chi connectivity index (χ2n) is 11.4. The number of rotatable bonds is 12. The predicted octanol–water partition coefficient (Wildman–Crippen LogP) is 4.67. The second-order valence-corrected chi connectivity index (χ2v) is 11.8. The highest BCUT2D eigenvalue weighted by molar-refractivity contribution is 6.31. The van der Waals surface area contributed by atoms with Crippen LogP contribution in [0.3, 0.4) is 0 Å². The van der Waals surface area contributed by atoms with Crippen molar-refractivity contribution in [3.05, 3.63) is 70.7 Å². The molecule has 2 aromatic carbocycles. The Bertz CT molecular complexity index is 1270. The van der Waals surface area contributed by atoms with Crippen LogP contribution < -0.4 is 11.1 Å². The van der Waals surface area contributed by atoms with Gasteiger partial charge in [-0.05, 0) is 67.6 Å². The highest BCUT2D eigenvalue weighted by atomic mass is 35.5. The zero-order valence-corrected chi connectivity index (χ0v) is 24.7. The molecule has 1 heterocycles. The molecular weight excluding hydrogens is 542 g/mol. The van der Waals surface area contributed by atoms with Crippen LogP contribution >= 0.6 is 11.6 Å². The van der Waals surface area contributed by atoms with Crippen LogP contribution in [0, 0.1) is 17.2 Å². The van der Waals surface area contributed by atoms with Gasteiger partial charge in [0.05, 0.1) is 13.2 Å². The van der Waals surface area contributed by atoms with E-state index in [2.05, 4.69) is 19.2 Å². The van der Waals surface area contributed by atoms with Gasteiger partial charge in [-0.3, -0.25) is 19.9 Å². The number of amides is 3. The quantitative estimate of drug-likeness (QED) is 0.334. The highest BCUT2D eigenvalue weighted by Crippen LogP contribution is 2.39. The van der Waals surface area contributed by atoms with Crippen LogP contribution in [0.4, 0.5) is 4.79 Å². The zero-order valence-electron chi connectivity index (χ0n) is 23.9. The Kier molecular flexibility index (Phi) is 9.71. The molecule has 0 aromatic heterocycles. The molecule has 0 radical (unpaired) electrons. The number of ether oxygens (including phenoxy) is 1. The van der Waals surface area contributed by atoms with Crippen molar-refractivity contribution in [3.63, 3.8) is 0 Å². The molecule has 0 bridgehead atoms. The summed E-state index contributed by atoms with van der Waals surface area (Å²) in [6.07, 6.45) is 2.72. The maximum absolute atomic E-state index is 13.8. The summed E-state index contributed by atoms with van der Waals surface area (Å²) in [4.78, 5) is 42.9. The summed E-state index contributed by atoms with van der Waals surface area (Å²) in [5, 5.41) is 12.3. The lowest BCUT2D eigenvalue weighted by molar-refractivity contribution is -0.134. The number of methoxy groups -OCH3 is 1. The fourth-order valence-corrected chi connectivity index (χ4v) is 6.04. The molecule has 3 atom stereocenters. The van der Waals surface area contributed by atoms with E-state index in [1.54, 1.807) is 18.2 Å². The van der Waals surface area contributed by atoms with E-state index in [1.165, 1.54) is 16.9 Å². The molecule has 0 spiro atoms. The zero-order chi connectivity index (χ0) is 29.7. The summed E-state index contributed by atoms with van der Waals surface area (Å²) in [6, 6.07) is 15.3. The SMILES string of the molecule is COC(=O)N(C(=O)[C@@H](N)Cc1ccccc1Cl)[C@H](CCCN1C(=N)N[C@](CC(C)C)(c2ccccc2)C1=O)C1CC1. The van der Waals surface area contributed by atoms with Crippen molar-refractivity contribution in [1.29, 1.82) is 5.41 Å². The first-order valence-electron chi connectivity index (χ1n) is 14.2. The minimum atomic E-state index is -0.998. The normalized spacial score (nSPS) is 20.1. The van der Waals surface area contributed by atoms with Crippen LogP contribution in [0.15, 0.2) is 54.6 Å². The molecule has 1 saturated carbocycles. The number of hydrogen-bond donors (Lipinski definition) is 3. The molecule has 4 N–H and O–H groups in total. The van der Waals surface area contributed by atoms with Crippen molar-refractivity contribution in [1.82, 2.24) is 15.1 Å². The third-order valence-corrected chi connectivity index (χ3v) is 8.26. The maximum atomic E-state index is 13.8. The lowest BCUT2D eigenvalue weighted by Gasteiger charge is -2.32. The molecule has 0 unspecified atom stereocenters. The summed E-state index contributed by atoms with van der Waals surface area (Å²) >= 11 is 6.28. The lowest BCUT2D eigenvalue weighted by Crippen LogP contribution is -2.53. The second kappa shape index (κ2) is 13.0. The monoisotopic (exact) mass is 581 g/mol. The molecule has 10 heteroatoms. The van der Waals surface area contributed by atoms with E-state index in [0.717, 1.165) is 24.0 Å². The van der Waals surface area contributed by atoms with Gasteiger partial charge in [0.1, 0.15) is 5.54 Å². The fourth-order valence-electron chi connectivity index (χ4n) is 5.82. The van der Waals surface area contributed by atoms with E-state index in [1.807, 2.05) is 36.4 Å². The van der Waals surface area contributed by atoms with Crippen molar-refractivity contribution in [2.24, 2.45) is 17.6 Å². The van der Waals surface area contributed by atoms with Gasteiger partial charge in [-0.25, -0.2) is 9.69 Å². The number of nitrogens with two attached hydrogens (primary N) is 1. The van der Waals surface area contributed by atoms with E-state index in [9.17, 15) is 14.4 Å². The van der Waals surface area contributed by atoms with Gasteiger partial charge in [-0.1, -0.05) is 74.0 Å². The Hall–Kier alpha value is -3.43. The van der Waals surface area contributed by atoms with Crippen LogP contribution in [-0.4, -0.2) is 59.4 Å². The van der Waals surface area contributed by atoms with E-state index >= 15 is 0 Å². The standard InChI is InChI=1S/C31H40ClN5O4/c1-20(2)19-31(23-11-5-4-6-12-23)28(39)36(29(34)35-31)17-9-14-26(21-15-16-21)37(30(40)41-3)27(38)25(33)18-22-10-7-8-13-24(22)32/h4-8,10-13,20-21,25-26H,9,14-19,33H2,1-3H3,(H2,34,35)/t25-,26+,31+/m0/s1. The number of imide groups is 1. The average Bonchev–Trinajstić information content (AvgIpc) is 3.77. The summed E-state index contributed by atoms with van der Waals surface area (Å²) < 4.78 is 5.02. The smallest absolute Gasteiger partial charge is 0.416 e. The Labute approximate surface area is 246 Å². The van der Waals surface area contributed by atoms with Gasteiger partial charge < -0.3 is 15.8 Å². The molecule has 3 amide bonds.